The molecule has 0 saturated heterocycles. The maximum atomic E-state index is 11.7. The summed E-state index contributed by atoms with van der Waals surface area (Å²) < 4.78 is 5.57. The number of imide groups is 1. The second kappa shape index (κ2) is 6.78. The molecule has 3 amide bonds. The highest BCUT2D eigenvalue weighted by Crippen LogP contribution is 2.20. The third-order valence-corrected chi connectivity index (χ3v) is 2.59. The van der Waals surface area contributed by atoms with Gasteiger partial charge >= 0.3 is 6.03 Å². The second-order valence-corrected chi connectivity index (χ2v) is 4.38. The lowest BCUT2D eigenvalue weighted by Gasteiger charge is -2.16. The van der Waals surface area contributed by atoms with Crippen LogP contribution in [0.2, 0.25) is 0 Å². The van der Waals surface area contributed by atoms with Crippen LogP contribution in [0.5, 0.6) is 5.75 Å². The predicted molar refractivity (Wildman–Crippen MR) is 73.2 cm³/mol. The molecule has 0 heterocycles. The number of ether oxygens (including phenoxy) is 1. The molecule has 5 nitrogen and oxygen atoms in total. The fourth-order valence-corrected chi connectivity index (χ4v) is 1.50. The standard InChI is InChI=1S/C14H20N2O3/c1-5-15-14(18)16-13(17)11(4)19-12-8-9(2)6-7-10(12)3/h6-8,11H,5H2,1-4H3,(H2,15,16,17,18)/t11-/m1/s1. The van der Waals surface area contributed by atoms with E-state index in [1.54, 1.807) is 13.8 Å². The molecule has 0 bridgehead atoms. The molecule has 0 aliphatic heterocycles. The Balaban J connectivity index is 2.63. The molecule has 1 aromatic carbocycles. The van der Waals surface area contributed by atoms with Gasteiger partial charge in [-0.1, -0.05) is 12.1 Å². The van der Waals surface area contributed by atoms with Crippen molar-refractivity contribution in [1.29, 1.82) is 0 Å². The molecule has 0 aliphatic rings. The predicted octanol–water partition coefficient (Wildman–Crippen LogP) is 1.92. The van der Waals surface area contributed by atoms with E-state index in [0.29, 0.717) is 12.3 Å². The molecule has 1 rings (SSSR count). The number of hydrogen-bond acceptors (Lipinski definition) is 3. The Morgan fingerprint density at radius 3 is 2.63 bits per heavy atom. The minimum atomic E-state index is -0.733. The third kappa shape index (κ3) is 4.62. The first-order chi connectivity index (χ1) is 8.93. The second-order valence-electron chi connectivity index (χ2n) is 4.38. The van der Waals surface area contributed by atoms with E-state index in [-0.39, 0.29) is 0 Å². The average molecular weight is 264 g/mol. The van der Waals surface area contributed by atoms with Crippen LogP contribution in [0.1, 0.15) is 25.0 Å². The van der Waals surface area contributed by atoms with Crippen molar-refractivity contribution in [2.75, 3.05) is 6.54 Å². The largest absolute Gasteiger partial charge is 0.481 e. The van der Waals surface area contributed by atoms with Crippen LogP contribution < -0.4 is 15.4 Å². The molecule has 0 spiro atoms. The molecular formula is C14H20N2O3. The third-order valence-electron chi connectivity index (χ3n) is 2.59. The molecule has 0 aliphatic carbocycles. The van der Waals surface area contributed by atoms with Crippen molar-refractivity contribution in [1.82, 2.24) is 10.6 Å². The summed E-state index contributed by atoms with van der Waals surface area (Å²) in [5.41, 5.74) is 2.00. The number of benzene rings is 1. The minimum absolute atomic E-state index is 0.464. The van der Waals surface area contributed by atoms with Gasteiger partial charge in [0, 0.05) is 6.54 Å². The summed E-state index contributed by atoms with van der Waals surface area (Å²) in [6, 6.07) is 5.26. The molecule has 1 atom stereocenters. The molecule has 0 radical (unpaired) electrons. The van der Waals surface area contributed by atoms with Gasteiger partial charge in [0.1, 0.15) is 5.75 Å². The lowest BCUT2D eigenvalue weighted by Crippen LogP contribution is -2.45. The molecular weight excluding hydrogens is 244 g/mol. The molecule has 1 aromatic rings. The van der Waals surface area contributed by atoms with Gasteiger partial charge in [-0.05, 0) is 44.9 Å². The Morgan fingerprint density at radius 1 is 1.32 bits per heavy atom. The van der Waals surface area contributed by atoms with Crippen LogP contribution in [-0.2, 0) is 4.79 Å². The van der Waals surface area contributed by atoms with Crippen molar-refractivity contribution >= 4 is 11.9 Å². The van der Waals surface area contributed by atoms with Crippen LogP contribution >= 0.6 is 0 Å². The van der Waals surface area contributed by atoms with Crippen LogP contribution in [0.4, 0.5) is 4.79 Å². The Hall–Kier alpha value is -2.04. The highest BCUT2D eigenvalue weighted by Gasteiger charge is 2.17. The van der Waals surface area contributed by atoms with Crippen molar-refractivity contribution < 1.29 is 14.3 Å². The molecule has 104 valence electrons. The van der Waals surface area contributed by atoms with Crippen molar-refractivity contribution in [3.63, 3.8) is 0 Å². The topological polar surface area (TPSA) is 67.4 Å². The zero-order valence-corrected chi connectivity index (χ0v) is 11.7. The minimum Gasteiger partial charge on any atom is -0.481 e. The Labute approximate surface area is 113 Å². The van der Waals surface area contributed by atoms with E-state index in [0.717, 1.165) is 11.1 Å². The number of carbonyl (C=O) groups is 2. The quantitative estimate of drug-likeness (QED) is 0.873. The lowest BCUT2D eigenvalue weighted by molar-refractivity contribution is -0.126. The van der Waals surface area contributed by atoms with Crippen LogP contribution in [-0.4, -0.2) is 24.6 Å². The van der Waals surface area contributed by atoms with E-state index in [2.05, 4.69) is 10.6 Å². The Kier molecular flexibility index (Phi) is 5.36. The zero-order valence-electron chi connectivity index (χ0n) is 11.7. The molecule has 0 unspecified atom stereocenters. The van der Waals surface area contributed by atoms with Gasteiger partial charge in [-0.25, -0.2) is 4.79 Å². The SMILES string of the molecule is CCNC(=O)NC(=O)[C@@H](C)Oc1cc(C)ccc1C. The maximum Gasteiger partial charge on any atom is 0.321 e. The molecule has 19 heavy (non-hydrogen) atoms. The van der Waals surface area contributed by atoms with Crippen molar-refractivity contribution in [2.24, 2.45) is 0 Å². The fraction of sp³-hybridized carbons (Fsp3) is 0.429. The number of rotatable bonds is 4. The maximum absolute atomic E-state index is 11.7. The highest BCUT2D eigenvalue weighted by atomic mass is 16.5. The van der Waals surface area contributed by atoms with E-state index < -0.39 is 18.0 Å². The van der Waals surface area contributed by atoms with Crippen LogP contribution in [0, 0.1) is 13.8 Å². The van der Waals surface area contributed by atoms with Gasteiger partial charge in [0.05, 0.1) is 0 Å². The zero-order chi connectivity index (χ0) is 14.4. The summed E-state index contributed by atoms with van der Waals surface area (Å²) in [7, 11) is 0. The van der Waals surface area contributed by atoms with E-state index in [4.69, 9.17) is 4.74 Å². The number of amides is 3. The van der Waals surface area contributed by atoms with Crippen molar-refractivity contribution in [3.05, 3.63) is 29.3 Å². The van der Waals surface area contributed by atoms with Crippen molar-refractivity contribution in [2.45, 2.75) is 33.8 Å². The Bertz CT molecular complexity index is 472. The van der Waals surface area contributed by atoms with Crippen LogP contribution in [0.15, 0.2) is 18.2 Å². The summed E-state index contributed by atoms with van der Waals surface area (Å²) in [6.45, 7) is 7.71. The van der Waals surface area contributed by atoms with Gasteiger partial charge < -0.3 is 10.1 Å². The number of carbonyl (C=O) groups excluding carboxylic acids is 2. The van der Waals surface area contributed by atoms with E-state index in [9.17, 15) is 9.59 Å². The van der Waals surface area contributed by atoms with Gasteiger partial charge in [0.15, 0.2) is 6.10 Å². The highest BCUT2D eigenvalue weighted by molar-refractivity contribution is 5.96. The van der Waals surface area contributed by atoms with E-state index >= 15 is 0 Å². The fourth-order valence-electron chi connectivity index (χ4n) is 1.50. The van der Waals surface area contributed by atoms with Gasteiger partial charge in [-0.2, -0.15) is 0 Å². The van der Waals surface area contributed by atoms with Gasteiger partial charge in [0.2, 0.25) is 0 Å². The summed E-state index contributed by atoms with van der Waals surface area (Å²) in [5.74, 6) is 0.186. The summed E-state index contributed by atoms with van der Waals surface area (Å²) in [6.07, 6.45) is -0.733. The summed E-state index contributed by atoms with van der Waals surface area (Å²) >= 11 is 0. The molecule has 2 N–H and O–H groups in total. The Morgan fingerprint density at radius 2 is 2.00 bits per heavy atom. The number of aryl methyl sites for hydroxylation is 2. The summed E-state index contributed by atoms with van der Waals surface area (Å²) in [4.78, 5) is 23.0. The van der Waals surface area contributed by atoms with Crippen molar-refractivity contribution in [3.8, 4) is 5.75 Å². The normalized spacial score (nSPS) is 11.6. The first-order valence-corrected chi connectivity index (χ1v) is 6.26. The van der Waals surface area contributed by atoms with E-state index in [1.807, 2.05) is 32.0 Å². The number of nitrogens with one attached hydrogen (secondary N) is 2. The summed E-state index contributed by atoms with van der Waals surface area (Å²) in [5, 5.41) is 4.71. The van der Waals surface area contributed by atoms with Gasteiger partial charge in [0.25, 0.3) is 5.91 Å². The molecule has 0 saturated carbocycles. The average Bonchev–Trinajstić information content (AvgIpc) is 2.34. The first kappa shape index (κ1) is 15.0. The van der Waals surface area contributed by atoms with Gasteiger partial charge in [-0.3, -0.25) is 10.1 Å². The van der Waals surface area contributed by atoms with Gasteiger partial charge in [-0.15, -0.1) is 0 Å². The van der Waals surface area contributed by atoms with Crippen LogP contribution in [0.25, 0.3) is 0 Å². The number of urea groups is 1. The monoisotopic (exact) mass is 264 g/mol. The van der Waals surface area contributed by atoms with Crippen LogP contribution in [0.3, 0.4) is 0 Å². The molecule has 0 fully saturated rings. The smallest absolute Gasteiger partial charge is 0.321 e. The number of hydrogen-bond donors (Lipinski definition) is 2. The lowest BCUT2D eigenvalue weighted by atomic mass is 10.1. The first-order valence-electron chi connectivity index (χ1n) is 6.26. The molecule has 0 aromatic heterocycles. The molecule has 5 heteroatoms. The van der Waals surface area contributed by atoms with E-state index in [1.165, 1.54) is 0 Å².